The summed E-state index contributed by atoms with van der Waals surface area (Å²) < 4.78 is 7.30. The molecule has 5 nitrogen and oxygen atoms in total. The van der Waals surface area contributed by atoms with Crippen LogP contribution in [0.4, 0.5) is 0 Å². The number of hydrogen-bond acceptors (Lipinski definition) is 3. The van der Waals surface area contributed by atoms with Gasteiger partial charge in [0.1, 0.15) is 5.76 Å². The van der Waals surface area contributed by atoms with E-state index in [0.29, 0.717) is 23.1 Å². The number of nitrogens with zero attached hydrogens (tertiary/aromatic N) is 2. The second-order valence-electron chi connectivity index (χ2n) is 5.04. The third kappa shape index (κ3) is 3.04. The van der Waals surface area contributed by atoms with E-state index in [9.17, 15) is 4.79 Å². The number of amides is 1. The SMILES string of the molecule is Cc1nn(Cc2ccc(C(=O)NC(C)C)o2)c(C)c1Cl. The van der Waals surface area contributed by atoms with Gasteiger partial charge in [-0.15, -0.1) is 0 Å². The van der Waals surface area contributed by atoms with Gasteiger partial charge in [0.2, 0.25) is 0 Å². The van der Waals surface area contributed by atoms with E-state index >= 15 is 0 Å². The lowest BCUT2D eigenvalue weighted by Gasteiger charge is -2.05. The third-order valence-corrected chi connectivity index (χ3v) is 3.45. The fourth-order valence-corrected chi connectivity index (χ4v) is 2.03. The van der Waals surface area contributed by atoms with Crippen molar-refractivity contribution in [1.29, 1.82) is 0 Å². The van der Waals surface area contributed by atoms with E-state index in [1.807, 2.05) is 27.7 Å². The van der Waals surface area contributed by atoms with Crippen LogP contribution in [0.2, 0.25) is 5.02 Å². The third-order valence-electron chi connectivity index (χ3n) is 2.90. The normalized spacial score (nSPS) is 11.1. The molecule has 0 fully saturated rings. The van der Waals surface area contributed by atoms with Crippen LogP contribution in [0.15, 0.2) is 16.5 Å². The van der Waals surface area contributed by atoms with Gasteiger partial charge in [-0.25, -0.2) is 0 Å². The molecule has 2 aromatic heterocycles. The second-order valence-corrected chi connectivity index (χ2v) is 5.41. The Hall–Kier alpha value is -1.75. The molecule has 0 saturated carbocycles. The number of hydrogen-bond donors (Lipinski definition) is 1. The highest BCUT2D eigenvalue weighted by Gasteiger charge is 2.14. The maximum atomic E-state index is 11.8. The van der Waals surface area contributed by atoms with Crippen LogP contribution in [0, 0.1) is 13.8 Å². The van der Waals surface area contributed by atoms with Crippen molar-refractivity contribution in [2.24, 2.45) is 0 Å². The topological polar surface area (TPSA) is 60.1 Å². The Balaban J connectivity index is 2.13. The van der Waals surface area contributed by atoms with Gasteiger partial charge in [0.25, 0.3) is 5.91 Å². The minimum Gasteiger partial charge on any atom is -0.454 e. The summed E-state index contributed by atoms with van der Waals surface area (Å²) in [5, 5.41) is 7.78. The first-order valence-corrected chi connectivity index (χ1v) is 6.85. The first-order chi connectivity index (χ1) is 9.38. The number of aromatic nitrogens is 2. The monoisotopic (exact) mass is 295 g/mol. The highest BCUT2D eigenvalue weighted by molar-refractivity contribution is 6.31. The fourth-order valence-electron chi connectivity index (χ4n) is 1.89. The maximum Gasteiger partial charge on any atom is 0.287 e. The quantitative estimate of drug-likeness (QED) is 0.943. The number of halogens is 1. The maximum absolute atomic E-state index is 11.8. The van der Waals surface area contributed by atoms with Gasteiger partial charge in [-0.3, -0.25) is 9.48 Å². The van der Waals surface area contributed by atoms with E-state index in [0.717, 1.165) is 11.4 Å². The van der Waals surface area contributed by atoms with Gasteiger partial charge in [-0.1, -0.05) is 11.6 Å². The molecule has 0 aliphatic carbocycles. The van der Waals surface area contributed by atoms with Crippen molar-refractivity contribution in [3.63, 3.8) is 0 Å². The molecule has 1 N–H and O–H groups in total. The van der Waals surface area contributed by atoms with E-state index in [2.05, 4.69) is 10.4 Å². The zero-order chi connectivity index (χ0) is 14.9. The minimum absolute atomic E-state index is 0.0749. The Morgan fingerprint density at radius 2 is 2.15 bits per heavy atom. The second kappa shape index (κ2) is 5.71. The van der Waals surface area contributed by atoms with Crippen LogP contribution in [0.5, 0.6) is 0 Å². The Kier molecular flexibility index (Phi) is 4.18. The Morgan fingerprint density at radius 1 is 1.45 bits per heavy atom. The van der Waals surface area contributed by atoms with Crippen molar-refractivity contribution in [3.8, 4) is 0 Å². The summed E-state index contributed by atoms with van der Waals surface area (Å²) in [7, 11) is 0. The molecule has 0 aromatic carbocycles. The molecule has 0 saturated heterocycles. The van der Waals surface area contributed by atoms with E-state index in [-0.39, 0.29) is 11.9 Å². The van der Waals surface area contributed by atoms with Crippen LogP contribution < -0.4 is 5.32 Å². The standard InChI is InChI=1S/C14H18ClN3O2/c1-8(2)16-14(19)12-6-5-11(20-12)7-18-10(4)13(15)9(3)17-18/h5-6,8H,7H2,1-4H3,(H,16,19). The van der Waals surface area contributed by atoms with Crippen molar-refractivity contribution in [1.82, 2.24) is 15.1 Å². The number of nitrogens with one attached hydrogen (secondary N) is 1. The molecular formula is C14H18ClN3O2. The summed E-state index contributed by atoms with van der Waals surface area (Å²) in [6.45, 7) is 8.01. The summed E-state index contributed by atoms with van der Waals surface area (Å²) in [6.07, 6.45) is 0. The Bertz CT molecular complexity index is 628. The molecule has 0 unspecified atom stereocenters. The van der Waals surface area contributed by atoms with E-state index < -0.39 is 0 Å². The molecule has 2 aromatic rings. The molecule has 20 heavy (non-hydrogen) atoms. The van der Waals surface area contributed by atoms with Crippen molar-refractivity contribution < 1.29 is 9.21 Å². The fraction of sp³-hybridized carbons (Fsp3) is 0.429. The molecule has 1 amide bonds. The summed E-state index contributed by atoms with van der Waals surface area (Å²) in [4.78, 5) is 11.8. The van der Waals surface area contributed by atoms with Crippen molar-refractivity contribution in [2.75, 3.05) is 0 Å². The molecule has 0 atom stereocenters. The largest absolute Gasteiger partial charge is 0.454 e. The lowest BCUT2D eigenvalue weighted by atomic mass is 10.3. The van der Waals surface area contributed by atoms with Crippen LogP contribution in [-0.4, -0.2) is 21.7 Å². The number of aryl methyl sites for hydroxylation is 1. The van der Waals surface area contributed by atoms with Gasteiger partial charge < -0.3 is 9.73 Å². The van der Waals surface area contributed by atoms with Crippen molar-refractivity contribution in [3.05, 3.63) is 40.1 Å². The molecule has 0 spiro atoms. The Morgan fingerprint density at radius 3 is 2.70 bits per heavy atom. The first-order valence-electron chi connectivity index (χ1n) is 6.47. The van der Waals surface area contributed by atoms with Gasteiger partial charge in [0.05, 0.1) is 23.0 Å². The molecule has 0 radical (unpaired) electrons. The smallest absolute Gasteiger partial charge is 0.287 e. The summed E-state index contributed by atoms with van der Waals surface area (Å²) in [6, 6.07) is 3.52. The van der Waals surface area contributed by atoms with E-state index in [1.165, 1.54) is 0 Å². The highest BCUT2D eigenvalue weighted by atomic mass is 35.5. The molecule has 0 bridgehead atoms. The minimum atomic E-state index is -0.211. The van der Waals surface area contributed by atoms with Crippen LogP contribution in [0.25, 0.3) is 0 Å². The molecule has 2 heterocycles. The summed E-state index contributed by atoms with van der Waals surface area (Å²) in [5.74, 6) is 0.764. The predicted molar refractivity (Wildman–Crippen MR) is 77.1 cm³/mol. The molecule has 0 aliphatic heterocycles. The first kappa shape index (κ1) is 14.7. The van der Waals surface area contributed by atoms with E-state index in [4.69, 9.17) is 16.0 Å². The molecule has 6 heteroatoms. The average Bonchev–Trinajstić information content (AvgIpc) is 2.91. The number of carbonyl (C=O) groups is 1. The number of carbonyl (C=O) groups excluding carboxylic acids is 1. The van der Waals surface area contributed by atoms with Gasteiger partial charge in [0, 0.05) is 6.04 Å². The van der Waals surface area contributed by atoms with Gasteiger partial charge >= 0.3 is 0 Å². The van der Waals surface area contributed by atoms with Crippen LogP contribution >= 0.6 is 11.6 Å². The predicted octanol–water partition coefficient (Wildman–Crippen LogP) is 2.93. The molecule has 2 rings (SSSR count). The van der Waals surface area contributed by atoms with Gasteiger partial charge in [-0.2, -0.15) is 5.10 Å². The summed E-state index contributed by atoms with van der Waals surface area (Å²) >= 11 is 6.10. The van der Waals surface area contributed by atoms with Gasteiger partial charge in [0.15, 0.2) is 5.76 Å². The number of furan rings is 1. The van der Waals surface area contributed by atoms with Crippen molar-refractivity contribution in [2.45, 2.75) is 40.3 Å². The summed E-state index contributed by atoms with van der Waals surface area (Å²) in [5.41, 5.74) is 1.67. The Labute approximate surface area is 122 Å². The van der Waals surface area contributed by atoms with E-state index in [1.54, 1.807) is 16.8 Å². The number of rotatable bonds is 4. The average molecular weight is 296 g/mol. The lowest BCUT2D eigenvalue weighted by Crippen LogP contribution is -2.29. The molecular weight excluding hydrogens is 278 g/mol. The lowest BCUT2D eigenvalue weighted by molar-refractivity contribution is 0.0913. The van der Waals surface area contributed by atoms with Crippen LogP contribution in [0.1, 0.15) is 41.6 Å². The van der Waals surface area contributed by atoms with Gasteiger partial charge in [-0.05, 0) is 39.8 Å². The zero-order valence-electron chi connectivity index (χ0n) is 12.0. The zero-order valence-corrected chi connectivity index (χ0v) is 12.8. The molecule has 108 valence electrons. The van der Waals surface area contributed by atoms with Crippen molar-refractivity contribution >= 4 is 17.5 Å². The van der Waals surface area contributed by atoms with Crippen LogP contribution in [-0.2, 0) is 6.54 Å². The highest BCUT2D eigenvalue weighted by Crippen LogP contribution is 2.20. The van der Waals surface area contributed by atoms with Crippen LogP contribution in [0.3, 0.4) is 0 Å². The molecule has 0 aliphatic rings.